The highest BCUT2D eigenvalue weighted by Gasteiger charge is 2.64. The predicted octanol–water partition coefficient (Wildman–Crippen LogP) is -0.802. The molecule has 38 heavy (non-hydrogen) atoms. The number of urea groups is 1. The van der Waals surface area contributed by atoms with E-state index < -0.39 is 69.8 Å². The number of aromatic hydroxyl groups is 1. The molecule has 1 aromatic rings. The van der Waals surface area contributed by atoms with Crippen LogP contribution in [-0.4, -0.2) is 88.7 Å². The van der Waals surface area contributed by atoms with Gasteiger partial charge in [0.05, 0.1) is 11.6 Å². The average Bonchev–Trinajstić information content (AvgIpc) is 2.80. The summed E-state index contributed by atoms with van der Waals surface area (Å²) in [5.74, 6) is -7.20. The Labute approximate surface area is 218 Å². The van der Waals surface area contributed by atoms with Crippen molar-refractivity contribution in [3.63, 3.8) is 0 Å². The van der Waals surface area contributed by atoms with Crippen LogP contribution < -0.4 is 21.7 Å². The first kappa shape index (κ1) is 26.9. The third-order valence-corrected chi connectivity index (χ3v) is 7.71. The second kappa shape index (κ2) is 9.03. The van der Waals surface area contributed by atoms with E-state index in [1.54, 1.807) is 25.1 Å². The van der Waals surface area contributed by atoms with Gasteiger partial charge in [-0.05, 0) is 44.5 Å². The maximum absolute atomic E-state index is 13.9. The molecule has 9 N–H and O–H groups in total. The zero-order valence-electron chi connectivity index (χ0n) is 21.4. The van der Waals surface area contributed by atoms with Crippen LogP contribution in [0, 0.1) is 11.8 Å². The monoisotopic (exact) mass is 529 g/mol. The number of Topliss-reactive ketones (excluding diaryl/α,β-unsaturated/α-hetero) is 2. The summed E-state index contributed by atoms with van der Waals surface area (Å²) < 4.78 is 0. The lowest BCUT2D eigenvalue weighted by molar-refractivity contribution is -0.153. The van der Waals surface area contributed by atoms with Gasteiger partial charge in [-0.3, -0.25) is 19.3 Å². The molecule has 1 saturated carbocycles. The number of carbonyl (C=O) groups excluding carboxylic acids is 4. The van der Waals surface area contributed by atoms with Crippen molar-refractivity contribution in [1.29, 1.82) is 0 Å². The molecular weight excluding hydrogens is 498 g/mol. The number of nitrogens with two attached hydrogens (primary N) is 2. The topological polar surface area (TPSA) is 220 Å². The van der Waals surface area contributed by atoms with Crippen LogP contribution in [0.4, 0.5) is 10.5 Å². The number of amides is 3. The molecule has 4 unspecified atom stereocenters. The Hall–Kier alpha value is -4.10. The summed E-state index contributed by atoms with van der Waals surface area (Å²) in [6.45, 7) is -0.167. The third kappa shape index (κ3) is 3.69. The second-order valence-electron chi connectivity index (χ2n) is 10.3. The quantitative estimate of drug-likeness (QED) is 0.235. The van der Waals surface area contributed by atoms with E-state index in [2.05, 4.69) is 5.32 Å². The standard InChI is InChI=1S/C25H31N5O8/c1-29(2)13-7-10(8-28-24(27)37)18(31)15-11(13)5-9-6-12-17(30(3)4)20(33)16(23(26)36)22(35)25(12,38)21(34)14(9)19(15)32/h7,9,12,17,31-32,35,38H,5-6,8H2,1-4H3,(H2,26,36)(H3,27,28,37). The van der Waals surface area contributed by atoms with Gasteiger partial charge >= 0.3 is 6.03 Å². The minimum Gasteiger partial charge on any atom is -0.508 e. The minimum absolute atomic E-state index is 0.00955. The van der Waals surface area contributed by atoms with Crippen molar-refractivity contribution in [2.24, 2.45) is 23.3 Å². The largest absolute Gasteiger partial charge is 0.508 e. The van der Waals surface area contributed by atoms with Crippen LogP contribution in [0.1, 0.15) is 23.1 Å². The first-order chi connectivity index (χ1) is 17.6. The first-order valence-corrected chi connectivity index (χ1v) is 11.9. The lowest BCUT2D eigenvalue weighted by atomic mass is 9.57. The Morgan fingerprint density at radius 1 is 1.13 bits per heavy atom. The number of hydrogen-bond acceptors (Lipinski definition) is 10. The summed E-state index contributed by atoms with van der Waals surface area (Å²) >= 11 is 0. The molecule has 13 nitrogen and oxygen atoms in total. The molecule has 204 valence electrons. The molecule has 0 spiro atoms. The molecule has 13 heteroatoms. The van der Waals surface area contributed by atoms with Crippen molar-refractivity contribution >= 4 is 35.0 Å². The van der Waals surface area contributed by atoms with E-state index >= 15 is 0 Å². The number of phenols is 1. The maximum Gasteiger partial charge on any atom is 0.312 e. The number of rotatable bonds is 5. The van der Waals surface area contributed by atoms with Crippen molar-refractivity contribution in [3.05, 3.63) is 39.7 Å². The van der Waals surface area contributed by atoms with Crippen molar-refractivity contribution in [1.82, 2.24) is 10.2 Å². The number of primary amides is 2. The van der Waals surface area contributed by atoms with Gasteiger partial charge in [0.1, 0.15) is 22.8 Å². The average molecular weight is 530 g/mol. The van der Waals surface area contributed by atoms with Gasteiger partial charge in [0.25, 0.3) is 5.91 Å². The SMILES string of the molecule is CN(C)c1cc(CNC(N)=O)c(O)c2c1CC1CC3C(N(C)C)C(=O)C(C(N)=O)=C(O)C3(O)C(=O)C1=C2O. The molecule has 3 amide bonds. The van der Waals surface area contributed by atoms with E-state index in [0.29, 0.717) is 11.3 Å². The lowest BCUT2D eigenvalue weighted by Crippen LogP contribution is -2.65. The van der Waals surface area contributed by atoms with Gasteiger partial charge in [-0.1, -0.05) is 0 Å². The summed E-state index contributed by atoms with van der Waals surface area (Å²) in [6, 6.07) is -0.359. The van der Waals surface area contributed by atoms with Gasteiger partial charge < -0.3 is 42.1 Å². The van der Waals surface area contributed by atoms with E-state index in [1.165, 1.54) is 19.0 Å². The van der Waals surface area contributed by atoms with Gasteiger partial charge in [-0.15, -0.1) is 0 Å². The molecule has 4 rings (SSSR count). The minimum atomic E-state index is -2.71. The third-order valence-electron chi connectivity index (χ3n) is 7.71. The number of nitrogens with zero attached hydrogens (tertiary/aromatic N) is 2. The Balaban J connectivity index is 1.97. The molecule has 0 bridgehead atoms. The molecule has 3 aliphatic carbocycles. The molecule has 1 fully saturated rings. The summed E-state index contributed by atoms with van der Waals surface area (Å²) in [5, 5.41) is 47.4. The number of carbonyl (C=O) groups is 4. The number of anilines is 1. The highest BCUT2D eigenvalue weighted by Crippen LogP contribution is 2.54. The zero-order chi connectivity index (χ0) is 28.4. The molecule has 3 aliphatic rings. The summed E-state index contributed by atoms with van der Waals surface area (Å²) in [4.78, 5) is 53.6. The number of aliphatic hydroxyl groups excluding tert-OH is 2. The Morgan fingerprint density at radius 3 is 2.29 bits per heavy atom. The Morgan fingerprint density at radius 2 is 1.76 bits per heavy atom. The molecule has 4 atom stereocenters. The predicted molar refractivity (Wildman–Crippen MR) is 135 cm³/mol. The fourth-order valence-corrected chi connectivity index (χ4v) is 6.06. The fraction of sp³-hybridized carbons (Fsp3) is 0.440. The van der Waals surface area contributed by atoms with E-state index in [1.807, 2.05) is 0 Å². The highest BCUT2D eigenvalue weighted by atomic mass is 16.3. The number of hydrogen-bond donors (Lipinski definition) is 7. The molecule has 0 heterocycles. The van der Waals surface area contributed by atoms with Crippen LogP contribution in [0.25, 0.3) is 5.76 Å². The molecule has 0 radical (unpaired) electrons. The number of ketones is 2. The van der Waals surface area contributed by atoms with Crippen LogP contribution >= 0.6 is 0 Å². The molecule has 0 saturated heterocycles. The first-order valence-electron chi connectivity index (χ1n) is 11.9. The summed E-state index contributed by atoms with van der Waals surface area (Å²) in [6.07, 6.45) is 0.142. The normalized spacial score (nSPS) is 26.6. The van der Waals surface area contributed by atoms with E-state index in [-0.39, 0.29) is 36.1 Å². The zero-order valence-corrected chi connectivity index (χ0v) is 21.4. The molecule has 1 aromatic carbocycles. The maximum atomic E-state index is 13.9. The number of benzene rings is 1. The summed E-state index contributed by atoms with van der Waals surface area (Å²) in [7, 11) is 6.57. The van der Waals surface area contributed by atoms with Gasteiger partial charge in [-0.2, -0.15) is 0 Å². The van der Waals surface area contributed by atoms with Crippen molar-refractivity contribution in [2.45, 2.75) is 31.0 Å². The number of nitrogens with one attached hydrogen (secondary N) is 1. The van der Waals surface area contributed by atoms with Gasteiger partial charge in [0.15, 0.2) is 11.4 Å². The molecule has 0 aliphatic heterocycles. The number of phenolic OH excluding ortho intramolecular Hbond substituents is 1. The van der Waals surface area contributed by atoms with Crippen LogP contribution in [0.5, 0.6) is 5.75 Å². The van der Waals surface area contributed by atoms with Crippen LogP contribution in [0.2, 0.25) is 0 Å². The van der Waals surface area contributed by atoms with Crippen LogP contribution in [0.15, 0.2) is 23.0 Å². The Kier molecular flexibility index (Phi) is 6.40. The van der Waals surface area contributed by atoms with Gasteiger partial charge in [0.2, 0.25) is 5.78 Å². The second-order valence-corrected chi connectivity index (χ2v) is 10.3. The number of fused-ring (bicyclic) bond motifs is 3. The summed E-state index contributed by atoms with van der Waals surface area (Å²) in [5.41, 5.74) is 7.92. The van der Waals surface area contributed by atoms with E-state index in [4.69, 9.17) is 11.5 Å². The van der Waals surface area contributed by atoms with Gasteiger partial charge in [0, 0.05) is 43.4 Å². The van der Waals surface area contributed by atoms with Crippen LogP contribution in [0.3, 0.4) is 0 Å². The van der Waals surface area contributed by atoms with E-state index in [9.17, 15) is 39.6 Å². The smallest absolute Gasteiger partial charge is 0.312 e. The fourth-order valence-electron chi connectivity index (χ4n) is 6.06. The van der Waals surface area contributed by atoms with Crippen molar-refractivity contribution in [3.8, 4) is 5.75 Å². The van der Waals surface area contributed by atoms with Crippen molar-refractivity contribution in [2.75, 3.05) is 33.1 Å². The highest BCUT2D eigenvalue weighted by molar-refractivity contribution is 6.24. The Bertz CT molecular complexity index is 1350. The van der Waals surface area contributed by atoms with E-state index in [0.717, 1.165) is 0 Å². The number of aliphatic hydroxyl groups is 3. The molecular formula is C25H31N5O8. The van der Waals surface area contributed by atoms with Gasteiger partial charge in [-0.25, -0.2) is 4.79 Å². The van der Waals surface area contributed by atoms with Crippen molar-refractivity contribution < 1.29 is 39.6 Å². The van der Waals surface area contributed by atoms with Crippen LogP contribution in [-0.2, 0) is 27.3 Å². The molecule has 0 aromatic heterocycles. The lowest BCUT2D eigenvalue weighted by Gasteiger charge is -2.50. The number of likely N-dealkylation sites (N-methyl/N-ethyl adjacent to an activating group) is 1.